The second-order valence-corrected chi connectivity index (χ2v) is 3.28. The van der Waals surface area contributed by atoms with Gasteiger partial charge in [-0.25, -0.2) is 4.79 Å². The molecular formula is C12H11N3O3. The summed E-state index contributed by atoms with van der Waals surface area (Å²) in [6.07, 6.45) is 2.11. The van der Waals surface area contributed by atoms with Crippen LogP contribution in [0.15, 0.2) is 42.7 Å². The quantitative estimate of drug-likeness (QED) is 0.896. The fourth-order valence-corrected chi connectivity index (χ4v) is 1.24. The van der Waals surface area contributed by atoms with Crippen molar-refractivity contribution in [1.82, 2.24) is 9.97 Å². The molecule has 0 spiro atoms. The van der Waals surface area contributed by atoms with Gasteiger partial charge in [0.2, 0.25) is 11.8 Å². The Balaban J connectivity index is 1.99. The zero-order valence-corrected chi connectivity index (χ0v) is 9.66. The zero-order valence-electron chi connectivity index (χ0n) is 9.66. The summed E-state index contributed by atoms with van der Waals surface area (Å²) < 4.78 is 9.83. The van der Waals surface area contributed by atoms with Gasteiger partial charge in [-0.3, -0.25) is 10.3 Å². The molecule has 6 nitrogen and oxygen atoms in total. The summed E-state index contributed by atoms with van der Waals surface area (Å²) >= 11 is 0. The summed E-state index contributed by atoms with van der Waals surface area (Å²) in [7, 11) is 1.46. The molecule has 1 N–H and O–H groups in total. The maximum atomic E-state index is 11.5. The van der Waals surface area contributed by atoms with Crippen molar-refractivity contribution >= 4 is 11.8 Å². The fraction of sp³-hybridized carbons (Fsp3) is 0.0833. The van der Waals surface area contributed by atoms with Crippen molar-refractivity contribution in [3.8, 4) is 11.8 Å². The first-order chi connectivity index (χ1) is 8.78. The topological polar surface area (TPSA) is 73.3 Å². The third kappa shape index (κ3) is 3.18. The highest BCUT2D eigenvalue weighted by molar-refractivity contribution is 5.85. The molecule has 1 aromatic heterocycles. The van der Waals surface area contributed by atoms with Gasteiger partial charge in [0.05, 0.1) is 19.5 Å². The van der Waals surface area contributed by atoms with Crippen LogP contribution in [0.4, 0.5) is 10.5 Å². The number of aromatic nitrogens is 2. The van der Waals surface area contributed by atoms with E-state index in [1.165, 1.54) is 19.5 Å². The fourth-order valence-electron chi connectivity index (χ4n) is 1.24. The monoisotopic (exact) mass is 245 g/mol. The van der Waals surface area contributed by atoms with Crippen molar-refractivity contribution in [3.63, 3.8) is 0 Å². The lowest BCUT2D eigenvalue weighted by atomic mass is 10.3. The van der Waals surface area contributed by atoms with Gasteiger partial charge in [-0.05, 0) is 12.1 Å². The smallest absolute Gasteiger partial charge is 0.418 e. The minimum atomic E-state index is -0.635. The number of hydrogen-bond donors (Lipinski definition) is 1. The minimum Gasteiger partial charge on any atom is -0.480 e. The summed E-state index contributed by atoms with van der Waals surface area (Å²) in [5, 5.41) is 2.56. The van der Waals surface area contributed by atoms with Gasteiger partial charge in [0, 0.05) is 5.69 Å². The second-order valence-electron chi connectivity index (χ2n) is 3.28. The lowest BCUT2D eigenvalue weighted by Crippen LogP contribution is -2.17. The molecule has 0 aliphatic rings. The molecule has 6 heteroatoms. The molecule has 0 radical (unpaired) electrons. The largest absolute Gasteiger partial charge is 0.480 e. The maximum Gasteiger partial charge on any atom is 0.418 e. The number of carbonyl (C=O) groups excluding carboxylic acids is 1. The van der Waals surface area contributed by atoms with Crippen molar-refractivity contribution in [1.29, 1.82) is 0 Å². The van der Waals surface area contributed by atoms with E-state index in [0.717, 1.165) is 0 Å². The third-order valence-electron chi connectivity index (χ3n) is 2.02. The molecule has 2 rings (SSSR count). The van der Waals surface area contributed by atoms with Gasteiger partial charge in [0.1, 0.15) is 0 Å². The number of anilines is 1. The van der Waals surface area contributed by atoms with Crippen LogP contribution in [0.25, 0.3) is 0 Å². The Labute approximate surface area is 104 Å². The number of hydrogen-bond acceptors (Lipinski definition) is 5. The van der Waals surface area contributed by atoms with Crippen molar-refractivity contribution in [2.45, 2.75) is 0 Å². The van der Waals surface area contributed by atoms with Crippen LogP contribution in [0.5, 0.6) is 11.8 Å². The van der Waals surface area contributed by atoms with E-state index in [9.17, 15) is 4.79 Å². The van der Waals surface area contributed by atoms with Crippen LogP contribution < -0.4 is 14.8 Å². The van der Waals surface area contributed by atoms with Gasteiger partial charge >= 0.3 is 6.09 Å². The van der Waals surface area contributed by atoms with Gasteiger partial charge in [0.25, 0.3) is 0 Å². The first kappa shape index (κ1) is 11.8. The number of nitrogens with zero attached hydrogens (tertiary/aromatic N) is 2. The van der Waals surface area contributed by atoms with E-state index < -0.39 is 6.09 Å². The van der Waals surface area contributed by atoms with E-state index in [-0.39, 0.29) is 11.8 Å². The summed E-state index contributed by atoms with van der Waals surface area (Å²) in [6, 6.07) is 8.96. The molecule has 0 bridgehead atoms. The Morgan fingerprint density at radius 3 is 2.61 bits per heavy atom. The second kappa shape index (κ2) is 5.62. The number of para-hydroxylation sites is 1. The maximum absolute atomic E-state index is 11.5. The predicted octanol–water partition coefficient (Wildman–Crippen LogP) is 2.10. The molecular weight excluding hydrogens is 234 g/mol. The predicted molar refractivity (Wildman–Crippen MR) is 64.7 cm³/mol. The highest BCUT2D eigenvalue weighted by Gasteiger charge is 2.07. The summed E-state index contributed by atoms with van der Waals surface area (Å²) in [5.41, 5.74) is 0.637. The first-order valence-electron chi connectivity index (χ1n) is 5.18. The number of methoxy groups -OCH3 is 1. The molecule has 0 unspecified atom stereocenters. The number of rotatable bonds is 3. The standard InChI is InChI=1S/C12H11N3O3/c1-17-10-7-13-8-11(15-10)18-12(16)14-9-5-3-2-4-6-9/h2-8H,1H3,(H,14,16). The lowest BCUT2D eigenvalue weighted by Gasteiger charge is -2.05. The van der Waals surface area contributed by atoms with Crippen molar-refractivity contribution in [2.24, 2.45) is 0 Å². The van der Waals surface area contributed by atoms with Gasteiger partial charge in [0.15, 0.2) is 0 Å². The molecule has 0 saturated heterocycles. The van der Waals surface area contributed by atoms with E-state index in [1.54, 1.807) is 24.3 Å². The van der Waals surface area contributed by atoms with Crippen LogP contribution in [0.3, 0.4) is 0 Å². The lowest BCUT2D eigenvalue weighted by molar-refractivity contribution is 0.212. The molecule has 1 amide bonds. The highest BCUT2D eigenvalue weighted by Crippen LogP contribution is 2.12. The molecule has 1 heterocycles. The van der Waals surface area contributed by atoms with Crippen LogP contribution in [-0.4, -0.2) is 23.2 Å². The third-order valence-corrected chi connectivity index (χ3v) is 2.02. The molecule has 2 aromatic rings. The van der Waals surface area contributed by atoms with Crippen LogP contribution in [0.1, 0.15) is 0 Å². The first-order valence-corrected chi connectivity index (χ1v) is 5.18. The zero-order chi connectivity index (χ0) is 12.8. The number of carbonyl (C=O) groups is 1. The van der Waals surface area contributed by atoms with Crippen LogP contribution in [0, 0.1) is 0 Å². The number of benzene rings is 1. The van der Waals surface area contributed by atoms with E-state index in [2.05, 4.69) is 15.3 Å². The highest BCUT2D eigenvalue weighted by atomic mass is 16.6. The van der Waals surface area contributed by atoms with Crippen LogP contribution >= 0.6 is 0 Å². The molecule has 0 aliphatic carbocycles. The molecule has 18 heavy (non-hydrogen) atoms. The molecule has 0 saturated carbocycles. The Kier molecular flexibility index (Phi) is 3.70. The van der Waals surface area contributed by atoms with Gasteiger partial charge < -0.3 is 9.47 Å². The van der Waals surface area contributed by atoms with Crippen LogP contribution in [-0.2, 0) is 0 Å². The Bertz CT molecular complexity index is 531. The van der Waals surface area contributed by atoms with E-state index in [4.69, 9.17) is 9.47 Å². The molecule has 0 atom stereocenters. The number of amides is 1. The molecule has 92 valence electrons. The van der Waals surface area contributed by atoms with Crippen LogP contribution in [0.2, 0.25) is 0 Å². The average Bonchev–Trinajstić information content (AvgIpc) is 2.40. The number of ether oxygens (including phenoxy) is 2. The van der Waals surface area contributed by atoms with E-state index in [1.807, 2.05) is 6.07 Å². The van der Waals surface area contributed by atoms with Gasteiger partial charge in [-0.2, -0.15) is 4.98 Å². The molecule has 1 aromatic carbocycles. The SMILES string of the molecule is COc1cncc(OC(=O)Nc2ccccc2)n1. The Hall–Kier alpha value is -2.63. The van der Waals surface area contributed by atoms with E-state index in [0.29, 0.717) is 5.69 Å². The number of nitrogens with one attached hydrogen (secondary N) is 1. The summed E-state index contributed by atoms with van der Waals surface area (Å²) in [4.78, 5) is 19.3. The van der Waals surface area contributed by atoms with Crippen molar-refractivity contribution in [2.75, 3.05) is 12.4 Å². The van der Waals surface area contributed by atoms with Crippen molar-refractivity contribution in [3.05, 3.63) is 42.7 Å². The summed E-state index contributed by atoms with van der Waals surface area (Å²) in [5.74, 6) is 0.350. The Morgan fingerprint density at radius 1 is 1.17 bits per heavy atom. The van der Waals surface area contributed by atoms with Gasteiger partial charge in [-0.15, -0.1) is 0 Å². The average molecular weight is 245 g/mol. The van der Waals surface area contributed by atoms with Crippen molar-refractivity contribution < 1.29 is 14.3 Å². The minimum absolute atomic E-state index is 0.0720. The van der Waals surface area contributed by atoms with E-state index >= 15 is 0 Å². The molecule has 0 fully saturated rings. The van der Waals surface area contributed by atoms with Gasteiger partial charge in [-0.1, -0.05) is 18.2 Å². The molecule has 0 aliphatic heterocycles. The summed E-state index contributed by atoms with van der Waals surface area (Å²) in [6.45, 7) is 0. The Morgan fingerprint density at radius 2 is 1.89 bits per heavy atom. The normalized spacial score (nSPS) is 9.61.